The van der Waals surface area contributed by atoms with Crippen molar-refractivity contribution in [3.63, 3.8) is 0 Å². The summed E-state index contributed by atoms with van der Waals surface area (Å²) in [4.78, 5) is 3.06. The highest BCUT2D eigenvalue weighted by Gasteiger charge is 2.04. The van der Waals surface area contributed by atoms with Crippen molar-refractivity contribution in [2.75, 3.05) is 0 Å². The average Bonchev–Trinajstić information content (AvgIpc) is 2.50. The van der Waals surface area contributed by atoms with E-state index in [1.807, 2.05) is 6.07 Å². The summed E-state index contributed by atoms with van der Waals surface area (Å²) in [6, 6.07) is 5.27. The molecule has 0 aliphatic heterocycles. The minimum absolute atomic E-state index is 0. The number of hydrogen-bond donors (Lipinski definition) is 1. The van der Waals surface area contributed by atoms with Crippen molar-refractivity contribution in [2.24, 2.45) is 0 Å². The van der Waals surface area contributed by atoms with E-state index in [-0.39, 0.29) is 12.4 Å². The first-order valence-corrected chi connectivity index (χ1v) is 3.18. The Balaban J connectivity index is 0.000000720. The van der Waals surface area contributed by atoms with Crippen molar-refractivity contribution in [3.8, 4) is 0 Å². The Morgan fingerprint density at radius 3 is 3.00 bits per heavy atom. The predicted octanol–water partition coefficient (Wildman–Crippen LogP) is -0.949. The number of aromatic nitrogens is 2. The second-order valence-corrected chi connectivity index (χ2v) is 2.24. The van der Waals surface area contributed by atoms with Gasteiger partial charge in [-0.3, -0.25) is 5.10 Å². The minimum atomic E-state index is 0. The fraction of sp³-hybridized carbons (Fsp3) is 0. The average molecular weight is 181 g/mol. The zero-order chi connectivity index (χ0) is 7.68. The molecular formula is C7H5ClN4. The van der Waals surface area contributed by atoms with Gasteiger partial charge < -0.3 is 12.4 Å². The number of diazo groups is 1. The van der Waals surface area contributed by atoms with Gasteiger partial charge in [0, 0.05) is 17.5 Å². The third-order valence-electron chi connectivity index (χ3n) is 1.54. The highest BCUT2D eigenvalue weighted by molar-refractivity contribution is 5.81. The van der Waals surface area contributed by atoms with Gasteiger partial charge in [-0.15, -0.1) is 0 Å². The van der Waals surface area contributed by atoms with Crippen LogP contribution in [-0.2, 0) is 0 Å². The standard InChI is InChI=1S/C7H5N4.ClH/c8-10-6-1-2-7-5(3-6)4-9-11-7;/h1-4H,(H,9,11);1H/q+1;/p-1. The lowest BCUT2D eigenvalue weighted by atomic mass is 10.2. The van der Waals surface area contributed by atoms with Gasteiger partial charge in [-0.2, -0.15) is 5.10 Å². The molecule has 0 saturated carbocycles. The molecule has 5 heteroatoms. The van der Waals surface area contributed by atoms with E-state index in [0.717, 1.165) is 10.9 Å². The van der Waals surface area contributed by atoms with Crippen molar-refractivity contribution < 1.29 is 12.4 Å². The van der Waals surface area contributed by atoms with Gasteiger partial charge >= 0.3 is 5.69 Å². The quantitative estimate of drug-likeness (QED) is 0.532. The number of rotatable bonds is 0. The van der Waals surface area contributed by atoms with E-state index in [9.17, 15) is 0 Å². The lowest BCUT2D eigenvalue weighted by Crippen LogP contribution is -3.00. The Bertz CT molecular complexity index is 428. The van der Waals surface area contributed by atoms with Crippen molar-refractivity contribution in [2.45, 2.75) is 0 Å². The Hall–Kier alpha value is -1.60. The van der Waals surface area contributed by atoms with Gasteiger partial charge in [0.15, 0.2) is 4.98 Å². The molecule has 4 nitrogen and oxygen atoms in total. The summed E-state index contributed by atoms with van der Waals surface area (Å²) in [6.07, 6.45) is 1.68. The molecule has 0 aliphatic carbocycles. The molecule has 0 bridgehead atoms. The van der Waals surface area contributed by atoms with Crippen LogP contribution < -0.4 is 12.4 Å². The molecule has 12 heavy (non-hydrogen) atoms. The van der Waals surface area contributed by atoms with Gasteiger partial charge in [-0.1, -0.05) is 0 Å². The Morgan fingerprint density at radius 2 is 2.25 bits per heavy atom. The van der Waals surface area contributed by atoms with E-state index in [0.29, 0.717) is 5.69 Å². The van der Waals surface area contributed by atoms with Crippen LogP contribution in [0.25, 0.3) is 15.9 Å². The van der Waals surface area contributed by atoms with Crippen LogP contribution in [0.2, 0.25) is 0 Å². The van der Waals surface area contributed by atoms with Gasteiger partial charge in [0.05, 0.1) is 11.7 Å². The number of benzene rings is 1. The zero-order valence-corrected chi connectivity index (χ0v) is 6.78. The molecule has 1 N–H and O–H groups in total. The lowest BCUT2D eigenvalue weighted by Gasteiger charge is -1.80. The Labute approximate surface area is 74.6 Å². The molecule has 0 aliphatic rings. The van der Waals surface area contributed by atoms with E-state index in [1.54, 1.807) is 18.3 Å². The molecule has 0 radical (unpaired) electrons. The largest absolute Gasteiger partial charge is 1.00 e. The Kier molecular flexibility index (Phi) is 2.26. The van der Waals surface area contributed by atoms with Crippen molar-refractivity contribution in [1.29, 1.82) is 5.39 Å². The predicted molar refractivity (Wildman–Crippen MR) is 40.8 cm³/mol. The highest BCUT2D eigenvalue weighted by atomic mass is 35.5. The summed E-state index contributed by atoms with van der Waals surface area (Å²) < 4.78 is 0. The van der Waals surface area contributed by atoms with Crippen LogP contribution in [0.1, 0.15) is 0 Å². The maximum absolute atomic E-state index is 8.43. The third-order valence-corrected chi connectivity index (χ3v) is 1.54. The maximum Gasteiger partial charge on any atom is 0.385 e. The lowest BCUT2D eigenvalue weighted by molar-refractivity contribution is -0.00000250. The monoisotopic (exact) mass is 180 g/mol. The molecule has 60 valence electrons. The molecule has 2 rings (SSSR count). The molecule has 0 saturated heterocycles. The minimum Gasteiger partial charge on any atom is -1.00 e. The molecule has 0 amide bonds. The number of H-pyrrole nitrogens is 1. The summed E-state index contributed by atoms with van der Waals surface area (Å²) in [5, 5.41) is 16.0. The molecular weight excluding hydrogens is 176 g/mol. The molecule has 1 heterocycles. The first-order chi connectivity index (χ1) is 5.40. The topological polar surface area (TPSA) is 56.8 Å². The van der Waals surface area contributed by atoms with Crippen LogP contribution in [-0.4, -0.2) is 10.2 Å². The number of nitrogens with zero attached hydrogens (tertiary/aromatic N) is 3. The summed E-state index contributed by atoms with van der Waals surface area (Å²) in [5.74, 6) is 0. The van der Waals surface area contributed by atoms with E-state index in [2.05, 4.69) is 15.2 Å². The second-order valence-electron chi connectivity index (χ2n) is 2.24. The van der Waals surface area contributed by atoms with Crippen LogP contribution in [0, 0.1) is 5.39 Å². The first-order valence-electron chi connectivity index (χ1n) is 3.18. The van der Waals surface area contributed by atoms with Crippen LogP contribution in [0.4, 0.5) is 5.69 Å². The number of aromatic amines is 1. The maximum atomic E-state index is 8.43. The van der Waals surface area contributed by atoms with Crippen molar-refractivity contribution in [3.05, 3.63) is 29.4 Å². The number of nitrogens with one attached hydrogen (secondary N) is 1. The van der Waals surface area contributed by atoms with Crippen LogP contribution in [0.15, 0.2) is 24.4 Å². The fourth-order valence-corrected chi connectivity index (χ4v) is 0.992. The summed E-state index contributed by atoms with van der Waals surface area (Å²) in [7, 11) is 0. The van der Waals surface area contributed by atoms with Crippen molar-refractivity contribution in [1.82, 2.24) is 10.2 Å². The third kappa shape index (κ3) is 1.22. The second kappa shape index (κ2) is 3.20. The van der Waals surface area contributed by atoms with E-state index in [1.165, 1.54) is 0 Å². The van der Waals surface area contributed by atoms with Crippen LogP contribution in [0.5, 0.6) is 0 Å². The summed E-state index contributed by atoms with van der Waals surface area (Å²) >= 11 is 0. The number of halogens is 1. The first kappa shape index (κ1) is 8.50. The molecule has 0 fully saturated rings. The van der Waals surface area contributed by atoms with Gasteiger partial charge in [-0.25, -0.2) is 0 Å². The molecule has 1 aromatic carbocycles. The van der Waals surface area contributed by atoms with Gasteiger partial charge in [0.1, 0.15) is 0 Å². The van der Waals surface area contributed by atoms with Gasteiger partial charge in [0.25, 0.3) is 0 Å². The van der Waals surface area contributed by atoms with Crippen LogP contribution >= 0.6 is 0 Å². The SMILES string of the molecule is N#[N+]c1ccc2[nH]ncc2c1.[Cl-]. The normalized spacial score (nSPS) is 8.92. The van der Waals surface area contributed by atoms with Gasteiger partial charge in [-0.05, 0) is 6.07 Å². The van der Waals surface area contributed by atoms with E-state index >= 15 is 0 Å². The Morgan fingerprint density at radius 1 is 1.42 bits per heavy atom. The molecule has 0 unspecified atom stereocenters. The molecule has 2 aromatic rings. The van der Waals surface area contributed by atoms with E-state index < -0.39 is 0 Å². The van der Waals surface area contributed by atoms with Gasteiger partial charge in [0.2, 0.25) is 5.39 Å². The smallest absolute Gasteiger partial charge is 0.385 e. The summed E-state index contributed by atoms with van der Waals surface area (Å²) in [6.45, 7) is 0. The molecule has 0 atom stereocenters. The number of hydrogen-bond acceptors (Lipinski definition) is 2. The van der Waals surface area contributed by atoms with Crippen LogP contribution in [0.3, 0.4) is 0 Å². The summed E-state index contributed by atoms with van der Waals surface area (Å²) in [5.41, 5.74) is 1.48. The molecule has 1 aromatic heterocycles. The zero-order valence-electron chi connectivity index (χ0n) is 6.03. The van der Waals surface area contributed by atoms with Crippen molar-refractivity contribution >= 4 is 16.6 Å². The fourth-order valence-electron chi connectivity index (χ4n) is 0.992. The number of fused-ring (bicyclic) bond motifs is 1. The van der Waals surface area contributed by atoms with E-state index in [4.69, 9.17) is 5.39 Å². The molecule has 0 spiro atoms. The highest BCUT2D eigenvalue weighted by Crippen LogP contribution is 2.18.